The molecule has 0 radical (unpaired) electrons. The van der Waals surface area contributed by atoms with Gasteiger partial charge in [-0.05, 0) is 50.2 Å². The summed E-state index contributed by atoms with van der Waals surface area (Å²) >= 11 is 0. The summed E-state index contributed by atoms with van der Waals surface area (Å²) in [5.74, 6) is 0.609. The normalized spacial score (nSPS) is 11.8. The fourth-order valence-electron chi connectivity index (χ4n) is 3.48. The van der Waals surface area contributed by atoms with E-state index >= 15 is 0 Å². The van der Waals surface area contributed by atoms with E-state index in [1.807, 2.05) is 31.2 Å². The number of hydrogen-bond donors (Lipinski definition) is 1. The molecule has 0 atom stereocenters. The third-order valence-corrected chi connectivity index (χ3v) is 6.81. The van der Waals surface area contributed by atoms with E-state index in [2.05, 4.69) is 4.72 Å². The Bertz CT molecular complexity index is 1180. The van der Waals surface area contributed by atoms with Crippen LogP contribution in [0.2, 0.25) is 0 Å². The molecule has 0 aliphatic heterocycles. The molecule has 3 aromatic rings. The Kier molecular flexibility index (Phi) is 5.82. The van der Waals surface area contributed by atoms with Crippen LogP contribution in [0.1, 0.15) is 39.7 Å². The maximum Gasteiger partial charge on any atom is 0.253 e. The number of amides is 1. The van der Waals surface area contributed by atoms with Crippen LogP contribution in [0.5, 0.6) is 0 Å². The first-order valence-electron chi connectivity index (χ1n) is 9.49. The Morgan fingerprint density at radius 2 is 1.86 bits per heavy atom. The van der Waals surface area contributed by atoms with Gasteiger partial charge in [-0.15, -0.1) is 0 Å². The summed E-state index contributed by atoms with van der Waals surface area (Å²) in [6.45, 7) is 5.93. The van der Waals surface area contributed by atoms with Gasteiger partial charge < -0.3 is 9.32 Å². The molecule has 0 unspecified atom stereocenters. The monoisotopic (exact) mass is 414 g/mol. The van der Waals surface area contributed by atoms with Crippen LogP contribution in [0.15, 0.2) is 45.7 Å². The molecule has 6 nitrogen and oxygen atoms in total. The Labute approximate surface area is 171 Å². The van der Waals surface area contributed by atoms with E-state index in [4.69, 9.17) is 4.42 Å². The van der Waals surface area contributed by atoms with Gasteiger partial charge >= 0.3 is 0 Å². The van der Waals surface area contributed by atoms with E-state index in [-0.39, 0.29) is 10.8 Å². The second-order valence-corrected chi connectivity index (χ2v) is 8.99. The predicted octanol–water partition coefficient (Wildman–Crippen LogP) is 3.79. The third kappa shape index (κ3) is 3.93. The first kappa shape index (κ1) is 21.1. The van der Waals surface area contributed by atoms with Gasteiger partial charge in [-0.1, -0.05) is 25.1 Å². The lowest BCUT2D eigenvalue weighted by atomic mass is 10.0. The molecule has 0 aliphatic carbocycles. The maximum absolute atomic E-state index is 13.1. The van der Waals surface area contributed by atoms with Crippen molar-refractivity contribution in [3.8, 4) is 0 Å². The summed E-state index contributed by atoms with van der Waals surface area (Å²) in [5.41, 5.74) is 3.50. The minimum atomic E-state index is -3.66. The number of benzene rings is 2. The maximum atomic E-state index is 13.1. The molecule has 0 saturated carbocycles. The van der Waals surface area contributed by atoms with Crippen LogP contribution in [0, 0.1) is 13.8 Å². The highest BCUT2D eigenvalue weighted by Crippen LogP contribution is 2.28. The van der Waals surface area contributed by atoms with E-state index in [9.17, 15) is 13.2 Å². The number of sulfonamides is 1. The van der Waals surface area contributed by atoms with Gasteiger partial charge in [0.05, 0.1) is 4.90 Å². The number of carbonyl (C=O) groups is 1. The number of fused-ring (bicyclic) bond motifs is 1. The molecule has 0 fully saturated rings. The summed E-state index contributed by atoms with van der Waals surface area (Å²) in [7, 11) is -0.583. The van der Waals surface area contributed by atoms with E-state index in [1.54, 1.807) is 31.9 Å². The Morgan fingerprint density at radius 1 is 1.17 bits per heavy atom. The number of rotatable bonds is 6. The number of carbonyl (C=O) groups excluding carboxylic acids is 1. The molecule has 7 heteroatoms. The average molecular weight is 415 g/mol. The van der Waals surface area contributed by atoms with Crippen molar-refractivity contribution in [3.63, 3.8) is 0 Å². The van der Waals surface area contributed by atoms with Crippen molar-refractivity contribution >= 4 is 26.9 Å². The molecule has 1 aromatic heterocycles. The molecule has 29 heavy (non-hydrogen) atoms. The van der Waals surface area contributed by atoms with E-state index in [1.165, 1.54) is 13.1 Å². The first-order chi connectivity index (χ1) is 13.7. The molecule has 3 rings (SSSR count). The van der Waals surface area contributed by atoms with Crippen LogP contribution in [-0.4, -0.2) is 33.3 Å². The number of hydrogen-bond acceptors (Lipinski definition) is 4. The lowest BCUT2D eigenvalue weighted by Gasteiger charge is -2.19. The number of nitrogens with one attached hydrogen (secondary N) is 1. The molecule has 1 N–H and O–H groups in total. The second kappa shape index (κ2) is 8.00. The fourth-order valence-corrected chi connectivity index (χ4v) is 4.54. The van der Waals surface area contributed by atoms with Crippen molar-refractivity contribution in [1.29, 1.82) is 0 Å². The lowest BCUT2D eigenvalue weighted by molar-refractivity contribution is 0.0784. The molecule has 0 bridgehead atoms. The standard InChI is InChI=1S/C22H26N2O4S/c1-6-19-18(17-9-7-8-10-20(17)28-19)13-24(5)22(25)16-11-14(2)15(3)21(12-16)29(26,27)23-4/h7-12,23H,6,13H2,1-5H3. The van der Waals surface area contributed by atoms with Gasteiger partial charge in [0, 0.05) is 36.5 Å². The van der Waals surface area contributed by atoms with Crippen molar-refractivity contribution in [2.24, 2.45) is 0 Å². The zero-order chi connectivity index (χ0) is 21.3. The van der Waals surface area contributed by atoms with Gasteiger partial charge in [0.1, 0.15) is 11.3 Å². The summed E-state index contributed by atoms with van der Waals surface area (Å²) in [6, 6.07) is 10.9. The molecule has 0 spiro atoms. The van der Waals surface area contributed by atoms with E-state index in [0.717, 1.165) is 34.3 Å². The molecule has 154 valence electrons. The topological polar surface area (TPSA) is 79.6 Å². The predicted molar refractivity (Wildman–Crippen MR) is 114 cm³/mol. The zero-order valence-electron chi connectivity index (χ0n) is 17.4. The molecule has 2 aromatic carbocycles. The van der Waals surface area contributed by atoms with Crippen LogP contribution in [-0.2, 0) is 23.0 Å². The second-order valence-electron chi connectivity index (χ2n) is 7.14. The van der Waals surface area contributed by atoms with Gasteiger partial charge in [-0.25, -0.2) is 13.1 Å². The summed E-state index contributed by atoms with van der Waals surface area (Å²) in [6.07, 6.45) is 0.722. The van der Waals surface area contributed by atoms with Gasteiger partial charge in [-0.3, -0.25) is 4.79 Å². The average Bonchev–Trinajstić information content (AvgIpc) is 3.06. The molecular formula is C22H26N2O4S. The SMILES string of the molecule is CCc1oc2ccccc2c1CN(C)C(=O)c1cc(C)c(C)c(S(=O)(=O)NC)c1. The van der Waals surface area contributed by atoms with Gasteiger partial charge in [0.15, 0.2) is 0 Å². The summed E-state index contributed by atoms with van der Waals surface area (Å²) in [4.78, 5) is 14.8. The van der Waals surface area contributed by atoms with Gasteiger partial charge in [0.25, 0.3) is 5.91 Å². The smallest absolute Gasteiger partial charge is 0.253 e. The molecule has 0 aliphatic rings. The number of para-hydroxylation sites is 1. The first-order valence-corrected chi connectivity index (χ1v) is 11.0. The van der Waals surface area contributed by atoms with Gasteiger partial charge in [0.2, 0.25) is 10.0 Å². The molecule has 0 saturated heterocycles. The zero-order valence-corrected chi connectivity index (χ0v) is 18.2. The minimum absolute atomic E-state index is 0.125. The van der Waals surface area contributed by atoms with Crippen molar-refractivity contribution in [2.75, 3.05) is 14.1 Å². The van der Waals surface area contributed by atoms with Crippen LogP contribution >= 0.6 is 0 Å². The highest BCUT2D eigenvalue weighted by molar-refractivity contribution is 7.89. The highest BCUT2D eigenvalue weighted by atomic mass is 32.2. The van der Waals surface area contributed by atoms with Crippen LogP contribution in [0.4, 0.5) is 0 Å². The Morgan fingerprint density at radius 3 is 2.52 bits per heavy atom. The van der Waals surface area contributed by atoms with Crippen LogP contribution in [0.25, 0.3) is 11.0 Å². The Hall–Kier alpha value is -2.64. The fraction of sp³-hybridized carbons (Fsp3) is 0.318. The van der Waals surface area contributed by atoms with Crippen molar-refractivity contribution in [1.82, 2.24) is 9.62 Å². The molecular weight excluding hydrogens is 388 g/mol. The number of aryl methyl sites for hydroxylation is 2. The van der Waals surface area contributed by atoms with Gasteiger partial charge in [-0.2, -0.15) is 0 Å². The lowest BCUT2D eigenvalue weighted by Crippen LogP contribution is -2.27. The number of furan rings is 1. The minimum Gasteiger partial charge on any atom is -0.461 e. The van der Waals surface area contributed by atoms with Crippen molar-refractivity contribution in [2.45, 2.75) is 38.6 Å². The summed E-state index contributed by atoms with van der Waals surface area (Å²) in [5, 5.41) is 0.988. The Balaban J connectivity index is 1.98. The largest absolute Gasteiger partial charge is 0.461 e. The molecule has 1 heterocycles. The quantitative estimate of drug-likeness (QED) is 0.665. The summed E-state index contributed by atoms with van der Waals surface area (Å²) < 4.78 is 33.0. The van der Waals surface area contributed by atoms with E-state index < -0.39 is 10.0 Å². The van der Waals surface area contributed by atoms with Crippen molar-refractivity contribution < 1.29 is 17.6 Å². The third-order valence-electron chi connectivity index (χ3n) is 5.27. The van der Waals surface area contributed by atoms with Crippen molar-refractivity contribution in [3.05, 3.63) is 64.4 Å². The molecule has 1 amide bonds. The highest BCUT2D eigenvalue weighted by Gasteiger charge is 2.22. The van der Waals surface area contributed by atoms with E-state index in [0.29, 0.717) is 17.7 Å². The van der Waals surface area contributed by atoms with Crippen LogP contribution in [0.3, 0.4) is 0 Å². The van der Waals surface area contributed by atoms with Crippen LogP contribution < -0.4 is 4.72 Å². The number of nitrogens with zero attached hydrogens (tertiary/aromatic N) is 1.